The largest absolute Gasteiger partial charge is 0.381 e. The highest BCUT2D eigenvalue weighted by Crippen LogP contribution is 2.02. The quantitative estimate of drug-likeness (QED) is 0.348. The van der Waals surface area contributed by atoms with Crippen LogP contribution >= 0.6 is 0 Å². The lowest BCUT2D eigenvalue weighted by molar-refractivity contribution is -0.104. The molecule has 0 aliphatic rings. The second-order valence-electron chi connectivity index (χ2n) is 2.73. The van der Waals surface area contributed by atoms with Crippen LogP contribution in [0.15, 0.2) is 23.4 Å². The second kappa shape index (κ2) is 4.72. The van der Waals surface area contributed by atoms with E-state index < -0.39 is 0 Å². The molecule has 0 aromatic rings. The number of carbonyl (C=O) groups excluding carboxylic acids is 1. The van der Waals surface area contributed by atoms with E-state index in [9.17, 15) is 4.79 Å². The molecule has 0 saturated heterocycles. The molecule has 11 heavy (non-hydrogen) atoms. The van der Waals surface area contributed by atoms with E-state index in [1.165, 1.54) is 0 Å². The van der Waals surface area contributed by atoms with Gasteiger partial charge in [-0.15, -0.1) is 0 Å². The van der Waals surface area contributed by atoms with Crippen LogP contribution in [-0.4, -0.2) is 25.3 Å². The van der Waals surface area contributed by atoms with Gasteiger partial charge in [0.2, 0.25) is 0 Å². The smallest absolute Gasteiger partial charge is 0.143 e. The van der Waals surface area contributed by atoms with E-state index in [1.807, 2.05) is 38.9 Å². The van der Waals surface area contributed by atoms with E-state index >= 15 is 0 Å². The fourth-order valence-corrected chi connectivity index (χ4v) is 0.614. The van der Waals surface area contributed by atoms with Crippen molar-refractivity contribution in [1.29, 1.82) is 0 Å². The van der Waals surface area contributed by atoms with Crippen molar-refractivity contribution in [3.63, 3.8) is 0 Å². The summed E-state index contributed by atoms with van der Waals surface area (Å²) in [7, 11) is 3.94. The summed E-state index contributed by atoms with van der Waals surface area (Å²) in [4.78, 5) is 12.0. The second-order valence-corrected chi connectivity index (χ2v) is 2.73. The Morgan fingerprint density at radius 3 is 2.18 bits per heavy atom. The Bertz CT molecular complexity index is 190. The molecule has 0 amide bonds. The third-order valence-corrected chi connectivity index (χ3v) is 1.47. The number of carbonyl (C=O) groups is 1. The molecule has 0 atom stereocenters. The SMILES string of the molecule is CC(=C/C=O)/C=C(/C)N(C)C. The first kappa shape index (κ1) is 9.95. The zero-order valence-corrected chi connectivity index (χ0v) is 7.59. The maximum atomic E-state index is 10.0. The van der Waals surface area contributed by atoms with Gasteiger partial charge in [-0.1, -0.05) is 0 Å². The third kappa shape index (κ3) is 4.37. The lowest BCUT2D eigenvalue weighted by Crippen LogP contribution is -2.07. The average Bonchev–Trinajstić information content (AvgIpc) is 1.87. The summed E-state index contributed by atoms with van der Waals surface area (Å²) in [6.07, 6.45) is 4.32. The lowest BCUT2D eigenvalue weighted by Gasteiger charge is -2.12. The van der Waals surface area contributed by atoms with Gasteiger partial charge in [0.15, 0.2) is 0 Å². The normalized spacial score (nSPS) is 13.1. The maximum absolute atomic E-state index is 10.0. The van der Waals surface area contributed by atoms with Crippen LogP contribution in [0.5, 0.6) is 0 Å². The average molecular weight is 153 g/mol. The van der Waals surface area contributed by atoms with Crippen LogP contribution in [0.25, 0.3) is 0 Å². The number of hydrogen-bond acceptors (Lipinski definition) is 2. The first-order chi connectivity index (χ1) is 5.07. The van der Waals surface area contributed by atoms with Gasteiger partial charge in [-0.05, 0) is 31.6 Å². The standard InChI is InChI=1S/C9H15NO/c1-8(5-6-11)7-9(2)10(3)4/h5-7H,1-4H3/b8-5-,9-7-. The molecule has 0 aliphatic carbocycles. The predicted molar refractivity (Wildman–Crippen MR) is 47.3 cm³/mol. The molecule has 0 fully saturated rings. The summed E-state index contributed by atoms with van der Waals surface area (Å²) < 4.78 is 0. The summed E-state index contributed by atoms with van der Waals surface area (Å²) in [5.41, 5.74) is 2.12. The van der Waals surface area contributed by atoms with Crippen molar-refractivity contribution in [1.82, 2.24) is 4.90 Å². The molecule has 0 aliphatic heterocycles. The van der Waals surface area contributed by atoms with Crippen molar-refractivity contribution >= 4 is 6.29 Å². The Kier molecular flexibility index (Phi) is 4.27. The van der Waals surface area contributed by atoms with Crippen LogP contribution in [0.1, 0.15) is 13.8 Å². The minimum Gasteiger partial charge on any atom is -0.381 e. The Balaban J connectivity index is 4.30. The maximum Gasteiger partial charge on any atom is 0.143 e. The molecule has 0 spiro atoms. The van der Waals surface area contributed by atoms with Gasteiger partial charge in [0, 0.05) is 19.8 Å². The van der Waals surface area contributed by atoms with E-state index in [2.05, 4.69) is 0 Å². The van der Waals surface area contributed by atoms with Gasteiger partial charge < -0.3 is 4.90 Å². The number of aldehydes is 1. The van der Waals surface area contributed by atoms with E-state index in [0.29, 0.717) is 0 Å². The number of rotatable bonds is 3. The molecule has 0 aromatic heterocycles. The Morgan fingerprint density at radius 1 is 1.27 bits per heavy atom. The van der Waals surface area contributed by atoms with Crippen molar-refractivity contribution in [3.05, 3.63) is 23.4 Å². The highest BCUT2D eigenvalue weighted by molar-refractivity contribution is 5.66. The first-order valence-electron chi connectivity index (χ1n) is 3.55. The zero-order valence-electron chi connectivity index (χ0n) is 7.59. The molecule has 2 nitrogen and oxygen atoms in total. The van der Waals surface area contributed by atoms with E-state index in [4.69, 9.17) is 0 Å². The van der Waals surface area contributed by atoms with Gasteiger partial charge in [-0.2, -0.15) is 0 Å². The van der Waals surface area contributed by atoms with Crippen LogP contribution in [-0.2, 0) is 4.79 Å². The molecular formula is C9H15NO. The van der Waals surface area contributed by atoms with E-state index in [1.54, 1.807) is 6.08 Å². The van der Waals surface area contributed by atoms with Crippen LogP contribution in [0, 0.1) is 0 Å². The van der Waals surface area contributed by atoms with Gasteiger partial charge in [0.05, 0.1) is 0 Å². The molecule has 0 N–H and O–H groups in total. The van der Waals surface area contributed by atoms with Crippen molar-refractivity contribution in [2.45, 2.75) is 13.8 Å². The molecule has 0 aromatic carbocycles. The van der Waals surface area contributed by atoms with Gasteiger partial charge in [-0.3, -0.25) is 4.79 Å². The van der Waals surface area contributed by atoms with Crippen LogP contribution in [0.3, 0.4) is 0 Å². The zero-order chi connectivity index (χ0) is 8.85. The van der Waals surface area contributed by atoms with Crippen molar-refractivity contribution in [2.24, 2.45) is 0 Å². The minimum absolute atomic E-state index is 0.800. The Labute approximate surface area is 68.2 Å². The Hall–Kier alpha value is -1.05. The third-order valence-electron chi connectivity index (χ3n) is 1.47. The van der Waals surface area contributed by atoms with Gasteiger partial charge in [-0.25, -0.2) is 0 Å². The molecular weight excluding hydrogens is 138 g/mol. The highest BCUT2D eigenvalue weighted by Gasteiger charge is 1.89. The van der Waals surface area contributed by atoms with E-state index in [0.717, 1.165) is 17.6 Å². The highest BCUT2D eigenvalue weighted by atomic mass is 16.1. The molecule has 0 heterocycles. The predicted octanol–water partition coefficient (Wildman–Crippen LogP) is 1.60. The fraction of sp³-hybridized carbons (Fsp3) is 0.444. The lowest BCUT2D eigenvalue weighted by atomic mass is 10.2. The summed E-state index contributed by atoms with van der Waals surface area (Å²) in [5, 5.41) is 0. The molecule has 62 valence electrons. The van der Waals surface area contributed by atoms with Crippen molar-refractivity contribution in [2.75, 3.05) is 14.1 Å². The van der Waals surface area contributed by atoms with Crippen molar-refractivity contribution < 1.29 is 4.79 Å². The van der Waals surface area contributed by atoms with Crippen molar-refractivity contribution in [3.8, 4) is 0 Å². The summed E-state index contributed by atoms with van der Waals surface area (Å²) >= 11 is 0. The summed E-state index contributed by atoms with van der Waals surface area (Å²) in [5.74, 6) is 0. The number of allylic oxidation sites excluding steroid dienone is 4. The van der Waals surface area contributed by atoms with E-state index in [-0.39, 0.29) is 0 Å². The molecule has 0 radical (unpaired) electrons. The van der Waals surface area contributed by atoms with Gasteiger partial charge in [0.1, 0.15) is 6.29 Å². The summed E-state index contributed by atoms with van der Waals surface area (Å²) in [6, 6.07) is 0. The molecule has 0 unspecified atom stereocenters. The van der Waals surface area contributed by atoms with Crippen LogP contribution in [0.4, 0.5) is 0 Å². The molecule has 0 rings (SSSR count). The summed E-state index contributed by atoms with van der Waals surface area (Å²) in [6.45, 7) is 3.91. The molecule has 2 heteroatoms. The number of nitrogens with zero attached hydrogens (tertiary/aromatic N) is 1. The van der Waals surface area contributed by atoms with Gasteiger partial charge >= 0.3 is 0 Å². The molecule has 0 bridgehead atoms. The van der Waals surface area contributed by atoms with Crippen LogP contribution < -0.4 is 0 Å². The fourth-order valence-electron chi connectivity index (χ4n) is 0.614. The molecule has 0 saturated carbocycles. The number of hydrogen-bond donors (Lipinski definition) is 0. The Morgan fingerprint density at radius 2 is 1.82 bits per heavy atom. The first-order valence-corrected chi connectivity index (χ1v) is 3.55. The topological polar surface area (TPSA) is 20.3 Å². The minimum atomic E-state index is 0.800. The van der Waals surface area contributed by atoms with Crippen LogP contribution in [0.2, 0.25) is 0 Å². The van der Waals surface area contributed by atoms with Gasteiger partial charge in [0.25, 0.3) is 0 Å². The monoisotopic (exact) mass is 153 g/mol.